The number of nitrogens with zero attached hydrogens (tertiary/aromatic N) is 7. The number of likely N-dealkylation sites (tertiary alicyclic amines) is 1. The van der Waals surface area contributed by atoms with Gasteiger partial charge in [-0.2, -0.15) is 5.10 Å². The Hall–Kier alpha value is -2.59. The topological polar surface area (TPSA) is 80.0 Å². The lowest BCUT2D eigenvalue weighted by atomic mass is 9.79. The number of halogens is 4. The van der Waals surface area contributed by atoms with Crippen LogP contribution in [0.15, 0.2) is 24.5 Å². The molecule has 1 spiro atoms. The second-order valence-corrected chi connectivity index (χ2v) is 8.80. The molecule has 2 aliphatic heterocycles. The van der Waals surface area contributed by atoms with Gasteiger partial charge >= 0.3 is 0 Å². The Balaban J connectivity index is 1.28. The molecule has 0 atom stereocenters. The fourth-order valence-corrected chi connectivity index (χ4v) is 4.76. The van der Waals surface area contributed by atoms with Crippen LogP contribution in [0.3, 0.4) is 0 Å². The molecule has 0 aromatic carbocycles. The number of pyridine rings is 1. The summed E-state index contributed by atoms with van der Waals surface area (Å²) < 4.78 is 26.7. The van der Waals surface area contributed by atoms with Crippen LogP contribution in [-0.4, -0.2) is 68.1 Å². The van der Waals surface area contributed by atoms with E-state index >= 15 is 0 Å². The molecule has 2 aliphatic rings. The summed E-state index contributed by atoms with van der Waals surface area (Å²) in [5.74, 6) is 0.416. The van der Waals surface area contributed by atoms with Gasteiger partial charge in [-0.05, 0) is 18.6 Å². The minimum Gasteiger partial charge on any atom is -0.355 e. The first kappa shape index (κ1) is 20.3. The number of amides is 1. The number of alkyl halides is 2. The van der Waals surface area contributed by atoms with Crippen LogP contribution in [0, 0.1) is 5.41 Å². The van der Waals surface area contributed by atoms with Crippen LogP contribution >= 0.6 is 23.2 Å². The summed E-state index contributed by atoms with van der Waals surface area (Å²) in [6.45, 7) is 2.10. The summed E-state index contributed by atoms with van der Waals surface area (Å²) >= 11 is 11.9. The van der Waals surface area contributed by atoms with Crippen molar-refractivity contribution in [3.8, 4) is 0 Å². The molecule has 12 heteroatoms. The molecule has 0 aliphatic carbocycles. The molecule has 0 unspecified atom stereocenters. The maximum atomic E-state index is 12.8. The van der Waals surface area contributed by atoms with Gasteiger partial charge in [-0.15, -0.1) is 0 Å². The smallest absolute Gasteiger partial charge is 0.272 e. The third-order valence-corrected chi connectivity index (χ3v) is 6.14. The Morgan fingerprint density at radius 3 is 2.71 bits per heavy atom. The van der Waals surface area contributed by atoms with Crippen molar-refractivity contribution < 1.29 is 13.6 Å². The molecule has 2 saturated heterocycles. The number of aromatic nitrogens is 5. The van der Waals surface area contributed by atoms with Crippen molar-refractivity contribution in [2.24, 2.45) is 5.41 Å². The van der Waals surface area contributed by atoms with E-state index in [2.05, 4.69) is 25.0 Å². The number of hydrogen-bond donors (Lipinski definition) is 0. The van der Waals surface area contributed by atoms with E-state index in [0.29, 0.717) is 41.6 Å². The normalized spacial score (nSPS) is 17.7. The van der Waals surface area contributed by atoms with Crippen molar-refractivity contribution in [3.63, 3.8) is 0 Å². The van der Waals surface area contributed by atoms with Gasteiger partial charge in [-0.3, -0.25) is 4.79 Å². The largest absolute Gasteiger partial charge is 0.355 e. The molecule has 8 nitrogen and oxygen atoms in total. The van der Waals surface area contributed by atoms with E-state index in [4.69, 9.17) is 23.2 Å². The van der Waals surface area contributed by atoms with Gasteiger partial charge in [-0.25, -0.2) is 28.4 Å². The van der Waals surface area contributed by atoms with E-state index in [1.165, 1.54) is 23.0 Å². The van der Waals surface area contributed by atoms with Gasteiger partial charge < -0.3 is 9.80 Å². The van der Waals surface area contributed by atoms with E-state index in [1.54, 1.807) is 11.1 Å². The first-order valence-corrected chi connectivity index (χ1v) is 10.4. The lowest BCUT2D eigenvalue weighted by molar-refractivity contribution is 0.0162. The molecule has 1 amide bonds. The first-order valence-electron chi connectivity index (χ1n) is 9.66. The van der Waals surface area contributed by atoms with Crippen LogP contribution in [0.2, 0.25) is 10.2 Å². The third kappa shape index (κ3) is 3.78. The molecule has 5 heterocycles. The predicted molar refractivity (Wildman–Crippen MR) is 111 cm³/mol. The highest BCUT2D eigenvalue weighted by atomic mass is 35.5. The number of hydrogen-bond acceptors (Lipinski definition) is 6. The van der Waals surface area contributed by atoms with Crippen LogP contribution in [-0.2, 0) is 6.54 Å². The van der Waals surface area contributed by atoms with Gasteiger partial charge in [0.2, 0.25) is 0 Å². The molecule has 162 valence electrons. The Labute approximate surface area is 185 Å². The molecule has 3 aromatic heterocycles. The Bertz CT molecular complexity index is 1150. The summed E-state index contributed by atoms with van der Waals surface area (Å²) in [4.78, 5) is 29.4. The number of anilines is 1. The van der Waals surface area contributed by atoms with E-state index < -0.39 is 13.0 Å². The average molecular weight is 468 g/mol. The number of carbonyl (C=O) groups excluding carboxylic acids is 1. The van der Waals surface area contributed by atoms with Crippen LogP contribution in [0.1, 0.15) is 16.9 Å². The van der Waals surface area contributed by atoms with Crippen molar-refractivity contribution in [1.82, 2.24) is 29.6 Å². The molecule has 2 fully saturated rings. The molecule has 0 radical (unpaired) electrons. The van der Waals surface area contributed by atoms with Crippen molar-refractivity contribution >= 4 is 46.1 Å². The molecular formula is C19H17Cl2F2N7O. The fraction of sp³-hybridized carbons (Fsp3) is 0.421. The van der Waals surface area contributed by atoms with Crippen LogP contribution in [0.25, 0.3) is 11.2 Å². The van der Waals surface area contributed by atoms with Gasteiger partial charge in [0, 0.05) is 36.6 Å². The van der Waals surface area contributed by atoms with E-state index in [9.17, 15) is 13.6 Å². The molecular weight excluding hydrogens is 451 g/mol. The lowest BCUT2D eigenvalue weighted by Crippen LogP contribution is -2.59. The van der Waals surface area contributed by atoms with E-state index in [-0.39, 0.29) is 22.2 Å². The van der Waals surface area contributed by atoms with Gasteiger partial charge in [0.25, 0.3) is 12.3 Å². The van der Waals surface area contributed by atoms with E-state index in [0.717, 1.165) is 13.0 Å². The van der Waals surface area contributed by atoms with Gasteiger partial charge in [0.1, 0.15) is 28.7 Å². The molecule has 5 rings (SSSR count). The predicted octanol–water partition coefficient (Wildman–Crippen LogP) is 3.15. The van der Waals surface area contributed by atoms with Crippen LogP contribution < -0.4 is 4.90 Å². The Kier molecular flexibility index (Phi) is 4.93. The number of rotatable bonds is 4. The Morgan fingerprint density at radius 1 is 1.16 bits per heavy atom. The van der Waals surface area contributed by atoms with Crippen molar-refractivity contribution in [3.05, 3.63) is 40.4 Å². The first-order chi connectivity index (χ1) is 14.8. The Morgan fingerprint density at radius 2 is 1.97 bits per heavy atom. The summed E-state index contributed by atoms with van der Waals surface area (Å²) in [7, 11) is 0. The molecule has 31 heavy (non-hydrogen) atoms. The van der Waals surface area contributed by atoms with Crippen molar-refractivity contribution in [2.45, 2.75) is 19.4 Å². The molecule has 0 bridgehead atoms. The molecule has 0 saturated carbocycles. The van der Waals surface area contributed by atoms with Crippen LogP contribution in [0.5, 0.6) is 0 Å². The highest BCUT2D eigenvalue weighted by Crippen LogP contribution is 2.41. The fourth-order valence-electron chi connectivity index (χ4n) is 4.29. The SMILES string of the molecule is O=C(c1cc(Cl)cc(Cl)n1)N1CC2(CCN(c3cnc4cnn(CC(F)F)c4n3)C2)C1. The standard InChI is InChI=1S/C19H17Cl2F2N7O/c20-11-3-12(26-14(21)4-11)18(31)29-9-19(10-29)1-2-28(8-19)16-6-24-13-5-25-30(7-15(22)23)17(13)27-16/h3-6,15H,1-2,7-10H2. The number of fused-ring (bicyclic) bond motifs is 1. The number of carbonyl (C=O) groups is 1. The monoisotopic (exact) mass is 467 g/mol. The molecule has 3 aromatic rings. The summed E-state index contributed by atoms with van der Waals surface area (Å²) in [6.07, 6.45) is 1.43. The highest BCUT2D eigenvalue weighted by molar-refractivity contribution is 6.34. The minimum atomic E-state index is -2.52. The van der Waals surface area contributed by atoms with Crippen molar-refractivity contribution in [2.75, 3.05) is 31.1 Å². The summed E-state index contributed by atoms with van der Waals surface area (Å²) in [6, 6.07) is 2.99. The zero-order valence-corrected chi connectivity index (χ0v) is 17.7. The zero-order chi connectivity index (χ0) is 21.8. The summed E-state index contributed by atoms with van der Waals surface area (Å²) in [5, 5.41) is 4.50. The summed E-state index contributed by atoms with van der Waals surface area (Å²) in [5.41, 5.74) is 1.00. The van der Waals surface area contributed by atoms with Gasteiger partial charge in [0.05, 0.1) is 12.4 Å². The van der Waals surface area contributed by atoms with Gasteiger partial charge in [-0.1, -0.05) is 23.2 Å². The third-order valence-electron chi connectivity index (χ3n) is 5.72. The second-order valence-electron chi connectivity index (χ2n) is 7.98. The quantitative estimate of drug-likeness (QED) is 0.548. The van der Waals surface area contributed by atoms with Gasteiger partial charge in [0.15, 0.2) is 5.65 Å². The van der Waals surface area contributed by atoms with E-state index in [1.807, 2.05) is 0 Å². The maximum absolute atomic E-state index is 12.8. The second kappa shape index (κ2) is 7.52. The maximum Gasteiger partial charge on any atom is 0.272 e. The average Bonchev–Trinajstić information content (AvgIpc) is 3.30. The minimum absolute atomic E-state index is 0.0438. The lowest BCUT2D eigenvalue weighted by Gasteiger charge is -2.47. The zero-order valence-electron chi connectivity index (χ0n) is 16.2. The molecule has 0 N–H and O–H groups in total. The van der Waals surface area contributed by atoms with Crippen LogP contribution in [0.4, 0.5) is 14.6 Å². The highest BCUT2D eigenvalue weighted by Gasteiger charge is 2.50. The van der Waals surface area contributed by atoms with Crippen molar-refractivity contribution in [1.29, 1.82) is 0 Å².